The van der Waals surface area contributed by atoms with E-state index in [9.17, 15) is 4.79 Å². The van der Waals surface area contributed by atoms with Crippen LogP contribution in [-0.2, 0) is 9.53 Å². The maximum Gasteiger partial charge on any atom is 0.190 e. The second-order valence-corrected chi connectivity index (χ2v) is 1.98. The maximum atomic E-state index is 10.6. The first-order valence-corrected chi connectivity index (χ1v) is 2.73. The third-order valence-electron chi connectivity index (χ3n) is 1.14. The molecule has 9 heavy (non-hydrogen) atoms. The minimum Gasteiger partial charge on any atom is -0.495 e. The number of carbonyl (C=O) groups excluding carboxylic acids is 1. The van der Waals surface area contributed by atoms with Crippen molar-refractivity contribution in [2.75, 3.05) is 6.61 Å². The molecule has 1 rings (SSSR count). The van der Waals surface area contributed by atoms with E-state index in [1.54, 1.807) is 6.92 Å². The van der Waals surface area contributed by atoms with Crippen LogP contribution < -0.4 is 0 Å². The number of allylic oxidation sites excluding steroid dienone is 1. The van der Waals surface area contributed by atoms with Gasteiger partial charge in [-0.1, -0.05) is 0 Å². The van der Waals surface area contributed by atoms with Crippen LogP contribution in [0, 0.1) is 0 Å². The molecule has 1 aliphatic rings. The van der Waals surface area contributed by atoms with Gasteiger partial charge in [-0.3, -0.25) is 4.79 Å². The number of hydrogen-bond acceptors (Lipinski definition) is 3. The Labute approximate surface area is 52.9 Å². The zero-order valence-corrected chi connectivity index (χ0v) is 5.13. The number of carbonyl (C=O) groups is 1. The SMILES string of the molecule is CC1=CC(=O)C(O)CO1. The minimum atomic E-state index is -0.950. The second-order valence-electron chi connectivity index (χ2n) is 1.98. The van der Waals surface area contributed by atoms with Gasteiger partial charge in [-0.05, 0) is 6.92 Å². The van der Waals surface area contributed by atoms with Gasteiger partial charge in [0.15, 0.2) is 11.9 Å². The summed E-state index contributed by atoms with van der Waals surface area (Å²) in [5, 5.41) is 8.78. The molecule has 1 unspecified atom stereocenters. The Morgan fingerprint density at radius 1 is 1.89 bits per heavy atom. The lowest BCUT2D eigenvalue weighted by Crippen LogP contribution is -2.27. The van der Waals surface area contributed by atoms with Gasteiger partial charge in [0.05, 0.1) is 5.76 Å². The fourth-order valence-corrected chi connectivity index (χ4v) is 0.631. The van der Waals surface area contributed by atoms with Crippen LogP contribution in [0.2, 0.25) is 0 Å². The monoisotopic (exact) mass is 128 g/mol. The van der Waals surface area contributed by atoms with E-state index in [4.69, 9.17) is 9.84 Å². The number of rotatable bonds is 0. The molecule has 0 fully saturated rings. The molecule has 1 heterocycles. The highest BCUT2D eigenvalue weighted by atomic mass is 16.5. The third-order valence-corrected chi connectivity index (χ3v) is 1.14. The van der Waals surface area contributed by atoms with Crippen molar-refractivity contribution in [2.24, 2.45) is 0 Å². The van der Waals surface area contributed by atoms with Crippen LogP contribution in [0.15, 0.2) is 11.8 Å². The Hall–Kier alpha value is -0.830. The molecule has 3 nitrogen and oxygen atoms in total. The highest BCUT2D eigenvalue weighted by Gasteiger charge is 2.17. The molecule has 0 bridgehead atoms. The molecule has 50 valence electrons. The van der Waals surface area contributed by atoms with Gasteiger partial charge in [0.2, 0.25) is 0 Å². The third kappa shape index (κ3) is 1.29. The lowest BCUT2D eigenvalue weighted by Gasteiger charge is -2.14. The van der Waals surface area contributed by atoms with E-state index in [1.165, 1.54) is 6.08 Å². The summed E-state index contributed by atoms with van der Waals surface area (Å²) in [4.78, 5) is 10.6. The van der Waals surface area contributed by atoms with Gasteiger partial charge in [-0.15, -0.1) is 0 Å². The van der Waals surface area contributed by atoms with Gasteiger partial charge in [0.1, 0.15) is 6.61 Å². The van der Waals surface area contributed by atoms with Crippen LogP contribution in [0.1, 0.15) is 6.92 Å². The maximum absolute atomic E-state index is 10.6. The first-order valence-electron chi connectivity index (χ1n) is 2.73. The first kappa shape index (κ1) is 6.29. The lowest BCUT2D eigenvalue weighted by molar-refractivity contribution is -0.126. The molecule has 0 spiro atoms. The number of aliphatic hydroxyl groups is 1. The Bertz CT molecular complexity index is 160. The zero-order chi connectivity index (χ0) is 6.85. The Morgan fingerprint density at radius 2 is 2.56 bits per heavy atom. The first-order chi connectivity index (χ1) is 4.20. The summed E-state index contributed by atoms with van der Waals surface area (Å²) in [5.74, 6) is 0.309. The van der Waals surface area contributed by atoms with Crippen LogP contribution in [-0.4, -0.2) is 23.6 Å². The number of ether oxygens (including phenoxy) is 1. The van der Waals surface area contributed by atoms with Crippen LogP contribution in [0.25, 0.3) is 0 Å². The largest absolute Gasteiger partial charge is 0.495 e. The van der Waals surface area contributed by atoms with E-state index in [1.807, 2.05) is 0 Å². The zero-order valence-electron chi connectivity index (χ0n) is 5.13. The average Bonchev–Trinajstić information content (AvgIpc) is 1.80. The highest BCUT2D eigenvalue weighted by molar-refractivity contribution is 5.94. The summed E-state index contributed by atoms with van der Waals surface area (Å²) in [6.45, 7) is 1.78. The molecule has 0 aromatic carbocycles. The molecule has 1 aliphatic heterocycles. The van der Waals surface area contributed by atoms with Crippen molar-refractivity contribution >= 4 is 5.78 Å². The van der Waals surface area contributed by atoms with Crippen LogP contribution in [0.4, 0.5) is 0 Å². The smallest absolute Gasteiger partial charge is 0.190 e. The predicted molar refractivity (Wildman–Crippen MR) is 30.7 cm³/mol. The van der Waals surface area contributed by atoms with E-state index in [2.05, 4.69) is 0 Å². The fraction of sp³-hybridized carbons (Fsp3) is 0.500. The molecule has 0 aliphatic carbocycles. The normalized spacial score (nSPS) is 27.1. The summed E-state index contributed by atoms with van der Waals surface area (Å²) in [5.41, 5.74) is 0. The standard InChI is InChI=1S/C6H8O3/c1-4-2-5(7)6(8)3-9-4/h2,6,8H,3H2,1H3. The highest BCUT2D eigenvalue weighted by Crippen LogP contribution is 2.05. The molecule has 0 saturated heterocycles. The molecular formula is C6H8O3. The summed E-state index contributed by atoms with van der Waals surface area (Å²) in [6, 6.07) is 0. The van der Waals surface area contributed by atoms with Crippen molar-refractivity contribution in [3.05, 3.63) is 11.8 Å². The Balaban J connectivity index is 2.70. The number of ketones is 1. The lowest BCUT2D eigenvalue weighted by atomic mass is 10.2. The second kappa shape index (κ2) is 2.19. The van der Waals surface area contributed by atoms with Gasteiger partial charge in [-0.2, -0.15) is 0 Å². The van der Waals surface area contributed by atoms with Crippen molar-refractivity contribution < 1.29 is 14.6 Å². The minimum absolute atomic E-state index is 0.0984. The van der Waals surface area contributed by atoms with Crippen molar-refractivity contribution in [1.82, 2.24) is 0 Å². The van der Waals surface area contributed by atoms with Crippen LogP contribution in [0.5, 0.6) is 0 Å². The van der Waals surface area contributed by atoms with Crippen molar-refractivity contribution in [3.8, 4) is 0 Å². The van der Waals surface area contributed by atoms with E-state index < -0.39 is 6.10 Å². The van der Waals surface area contributed by atoms with Crippen molar-refractivity contribution in [3.63, 3.8) is 0 Å². The number of hydrogen-bond donors (Lipinski definition) is 1. The topological polar surface area (TPSA) is 46.5 Å². The van der Waals surface area contributed by atoms with E-state index >= 15 is 0 Å². The average molecular weight is 128 g/mol. The quantitative estimate of drug-likeness (QED) is 0.493. The van der Waals surface area contributed by atoms with E-state index in [0.717, 1.165) is 0 Å². The molecule has 0 aromatic rings. The van der Waals surface area contributed by atoms with Gasteiger partial charge in [0, 0.05) is 6.08 Å². The molecule has 1 N–H and O–H groups in total. The molecule has 0 radical (unpaired) electrons. The Kier molecular flexibility index (Phi) is 1.53. The Morgan fingerprint density at radius 3 is 3.00 bits per heavy atom. The molecule has 0 aromatic heterocycles. The summed E-state index contributed by atoms with van der Waals surface area (Å²) in [6.07, 6.45) is 0.349. The molecular weight excluding hydrogens is 120 g/mol. The van der Waals surface area contributed by atoms with Crippen molar-refractivity contribution in [1.29, 1.82) is 0 Å². The molecule has 0 saturated carbocycles. The molecule has 1 atom stereocenters. The summed E-state index contributed by atoms with van der Waals surface area (Å²) >= 11 is 0. The summed E-state index contributed by atoms with van der Waals surface area (Å²) in [7, 11) is 0. The van der Waals surface area contributed by atoms with E-state index in [-0.39, 0.29) is 12.4 Å². The molecule has 0 amide bonds. The predicted octanol–water partition coefficient (Wildman–Crippen LogP) is -0.150. The van der Waals surface area contributed by atoms with Crippen molar-refractivity contribution in [2.45, 2.75) is 13.0 Å². The van der Waals surface area contributed by atoms with Gasteiger partial charge in [0.25, 0.3) is 0 Å². The summed E-state index contributed by atoms with van der Waals surface area (Å²) < 4.78 is 4.85. The molecule has 3 heteroatoms. The number of aliphatic hydroxyl groups excluding tert-OH is 1. The fourth-order valence-electron chi connectivity index (χ4n) is 0.631. The van der Waals surface area contributed by atoms with E-state index in [0.29, 0.717) is 5.76 Å². The van der Waals surface area contributed by atoms with Crippen LogP contribution >= 0.6 is 0 Å². The van der Waals surface area contributed by atoms with Gasteiger partial charge < -0.3 is 9.84 Å². The van der Waals surface area contributed by atoms with Gasteiger partial charge >= 0.3 is 0 Å². The van der Waals surface area contributed by atoms with Gasteiger partial charge in [-0.25, -0.2) is 0 Å². The van der Waals surface area contributed by atoms with Crippen LogP contribution in [0.3, 0.4) is 0 Å².